The molecule has 1 aromatic heterocycles. The standard InChI is InChI=1S/C31H30Cl2N4O6S/c1-15-26(34-16(2)28(15)31(41)37-13-18(38)10-27(37)30(40)35-17-6-7-17)12-21-20-11-19(8-9-25(20)36-29(21)39)44(42,43)14-22-23(32)4-3-5-24(22)33/h3-5,8-9,11-12,17-18,27,34,38H,6-7,10,13-14H2,1-2H3,(H,35,40)(H,36,39)/t18-,27+/m1/s1. The number of hydrogen-bond donors (Lipinski definition) is 4. The Morgan fingerprint density at radius 1 is 1.14 bits per heavy atom. The van der Waals surface area contributed by atoms with E-state index in [4.69, 9.17) is 23.2 Å². The molecule has 10 nitrogen and oxygen atoms in total. The first-order valence-corrected chi connectivity index (χ1v) is 16.6. The van der Waals surface area contributed by atoms with E-state index in [0.717, 1.165) is 12.8 Å². The molecule has 230 valence electrons. The van der Waals surface area contributed by atoms with Crippen LogP contribution in [0.5, 0.6) is 0 Å². The Balaban J connectivity index is 1.31. The van der Waals surface area contributed by atoms with Gasteiger partial charge in [-0.3, -0.25) is 14.4 Å². The number of anilines is 1. The first-order valence-electron chi connectivity index (χ1n) is 14.2. The van der Waals surface area contributed by atoms with Crippen LogP contribution in [-0.2, 0) is 25.2 Å². The third-order valence-electron chi connectivity index (χ3n) is 8.27. The van der Waals surface area contributed by atoms with Crippen molar-refractivity contribution in [3.63, 3.8) is 0 Å². The molecule has 1 saturated carbocycles. The molecule has 2 aromatic carbocycles. The number of H-pyrrole nitrogens is 1. The Labute approximate surface area is 264 Å². The van der Waals surface area contributed by atoms with Crippen molar-refractivity contribution >= 4 is 68.1 Å². The number of halogens is 2. The number of nitrogens with zero attached hydrogens (tertiary/aromatic N) is 1. The maximum atomic E-state index is 13.7. The zero-order chi connectivity index (χ0) is 31.5. The molecule has 2 fully saturated rings. The van der Waals surface area contributed by atoms with Crippen molar-refractivity contribution in [2.45, 2.75) is 61.9 Å². The molecule has 4 N–H and O–H groups in total. The van der Waals surface area contributed by atoms with Crippen LogP contribution in [0.1, 0.15) is 57.7 Å². The second-order valence-electron chi connectivity index (χ2n) is 11.5. The topological polar surface area (TPSA) is 149 Å². The number of carbonyl (C=O) groups is 3. The fourth-order valence-electron chi connectivity index (χ4n) is 5.79. The molecule has 3 heterocycles. The second kappa shape index (κ2) is 11.4. The van der Waals surface area contributed by atoms with Crippen LogP contribution in [0.15, 0.2) is 41.3 Å². The van der Waals surface area contributed by atoms with Crippen LogP contribution in [0.25, 0.3) is 11.6 Å². The van der Waals surface area contributed by atoms with Crippen LogP contribution in [-0.4, -0.2) is 65.9 Å². The molecule has 0 radical (unpaired) electrons. The van der Waals surface area contributed by atoms with Gasteiger partial charge in [-0.1, -0.05) is 29.3 Å². The van der Waals surface area contributed by atoms with E-state index in [1.807, 2.05) is 0 Å². The van der Waals surface area contributed by atoms with Gasteiger partial charge in [-0.25, -0.2) is 8.42 Å². The average Bonchev–Trinajstić information content (AvgIpc) is 3.50. The van der Waals surface area contributed by atoms with Crippen molar-refractivity contribution in [1.82, 2.24) is 15.2 Å². The van der Waals surface area contributed by atoms with Gasteiger partial charge in [0, 0.05) is 57.3 Å². The summed E-state index contributed by atoms with van der Waals surface area (Å²) in [7, 11) is -3.89. The smallest absolute Gasteiger partial charge is 0.256 e. The van der Waals surface area contributed by atoms with Crippen molar-refractivity contribution in [2.75, 3.05) is 11.9 Å². The largest absolute Gasteiger partial charge is 0.391 e. The van der Waals surface area contributed by atoms with E-state index < -0.39 is 39.6 Å². The lowest BCUT2D eigenvalue weighted by Crippen LogP contribution is -2.46. The minimum Gasteiger partial charge on any atom is -0.391 e. The highest BCUT2D eigenvalue weighted by atomic mass is 35.5. The Kier molecular flexibility index (Phi) is 7.86. The quantitative estimate of drug-likeness (QED) is 0.279. The third kappa shape index (κ3) is 5.65. The number of aliphatic hydroxyl groups is 1. The van der Waals surface area contributed by atoms with Crippen molar-refractivity contribution in [3.8, 4) is 0 Å². The minimum atomic E-state index is -3.89. The minimum absolute atomic E-state index is 0.00648. The lowest BCUT2D eigenvalue weighted by molar-refractivity contribution is -0.125. The summed E-state index contributed by atoms with van der Waals surface area (Å²) in [6, 6.07) is 8.50. The molecule has 6 rings (SSSR count). The number of carbonyl (C=O) groups excluding carboxylic acids is 3. The molecule has 3 aromatic rings. The van der Waals surface area contributed by atoms with Crippen molar-refractivity contribution in [1.29, 1.82) is 0 Å². The van der Waals surface area contributed by atoms with Crippen LogP contribution in [0.3, 0.4) is 0 Å². The number of sulfone groups is 1. The summed E-state index contributed by atoms with van der Waals surface area (Å²) in [5, 5.41) is 16.5. The second-order valence-corrected chi connectivity index (χ2v) is 14.3. The summed E-state index contributed by atoms with van der Waals surface area (Å²) >= 11 is 12.4. The Morgan fingerprint density at radius 2 is 1.84 bits per heavy atom. The first kappa shape index (κ1) is 30.4. The SMILES string of the molecule is Cc1[nH]c(C=C2C(=O)Nc3ccc(S(=O)(=O)Cc4c(Cl)cccc4Cl)cc32)c(C)c1C(=O)N1C[C@H](O)C[C@H]1C(=O)NC1CC1. The summed E-state index contributed by atoms with van der Waals surface area (Å²) in [5.41, 5.74) is 3.27. The van der Waals surface area contributed by atoms with Gasteiger partial charge < -0.3 is 25.6 Å². The number of aliphatic hydroxyl groups excluding tert-OH is 1. The van der Waals surface area contributed by atoms with Crippen LogP contribution in [0.4, 0.5) is 5.69 Å². The van der Waals surface area contributed by atoms with E-state index in [-0.39, 0.29) is 51.0 Å². The van der Waals surface area contributed by atoms with Crippen LogP contribution < -0.4 is 10.6 Å². The van der Waals surface area contributed by atoms with Crippen molar-refractivity contribution < 1.29 is 27.9 Å². The fourth-order valence-corrected chi connectivity index (χ4v) is 7.91. The average molecular weight is 658 g/mol. The molecule has 0 bridgehead atoms. The highest BCUT2D eigenvalue weighted by Crippen LogP contribution is 2.37. The van der Waals surface area contributed by atoms with Gasteiger partial charge in [-0.2, -0.15) is 0 Å². The number of benzene rings is 2. The van der Waals surface area contributed by atoms with Gasteiger partial charge >= 0.3 is 0 Å². The summed E-state index contributed by atoms with van der Waals surface area (Å²) in [6.07, 6.45) is 2.74. The molecule has 0 unspecified atom stereocenters. The molecule has 44 heavy (non-hydrogen) atoms. The van der Waals surface area contributed by atoms with Crippen LogP contribution >= 0.6 is 23.2 Å². The first-order chi connectivity index (χ1) is 20.8. The number of hydrogen-bond acceptors (Lipinski definition) is 6. The van der Waals surface area contributed by atoms with E-state index in [9.17, 15) is 27.9 Å². The van der Waals surface area contributed by atoms with Crippen LogP contribution in [0, 0.1) is 13.8 Å². The predicted molar refractivity (Wildman–Crippen MR) is 167 cm³/mol. The van der Waals surface area contributed by atoms with Gasteiger partial charge in [-0.05, 0) is 68.7 Å². The molecular weight excluding hydrogens is 627 g/mol. The number of aryl methyl sites for hydroxylation is 1. The van der Waals surface area contributed by atoms with E-state index in [0.29, 0.717) is 33.8 Å². The number of amides is 3. The lowest BCUT2D eigenvalue weighted by atomic mass is 10.0. The maximum absolute atomic E-state index is 13.7. The summed E-state index contributed by atoms with van der Waals surface area (Å²) in [4.78, 5) is 44.2. The molecule has 0 spiro atoms. The van der Waals surface area contributed by atoms with Crippen LogP contribution in [0.2, 0.25) is 10.0 Å². The van der Waals surface area contributed by atoms with Gasteiger partial charge in [0.1, 0.15) is 6.04 Å². The molecule has 13 heteroatoms. The predicted octanol–water partition coefficient (Wildman–Crippen LogP) is 4.26. The van der Waals surface area contributed by atoms with E-state index in [1.165, 1.54) is 23.1 Å². The third-order valence-corrected chi connectivity index (χ3v) is 10.6. The van der Waals surface area contributed by atoms with E-state index >= 15 is 0 Å². The highest BCUT2D eigenvalue weighted by molar-refractivity contribution is 7.90. The van der Waals surface area contributed by atoms with Gasteiger partial charge in [0.15, 0.2) is 9.84 Å². The zero-order valence-corrected chi connectivity index (χ0v) is 26.2. The normalized spacial score (nSPS) is 20.6. The number of aromatic amines is 1. The number of aromatic nitrogens is 1. The number of likely N-dealkylation sites (tertiary alicyclic amines) is 1. The molecule has 2 atom stereocenters. The summed E-state index contributed by atoms with van der Waals surface area (Å²) in [6.45, 7) is 3.49. The van der Waals surface area contributed by atoms with Gasteiger partial charge in [0.05, 0.1) is 27.9 Å². The van der Waals surface area contributed by atoms with E-state index in [1.54, 1.807) is 38.1 Å². The molecular formula is C31H30Cl2N4O6S. The number of nitrogens with one attached hydrogen (secondary N) is 3. The summed E-state index contributed by atoms with van der Waals surface area (Å²) < 4.78 is 26.8. The molecule has 3 aliphatic rings. The Morgan fingerprint density at radius 3 is 2.52 bits per heavy atom. The van der Waals surface area contributed by atoms with Crippen molar-refractivity contribution in [3.05, 3.63) is 80.1 Å². The molecule has 1 saturated heterocycles. The maximum Gasteiger partial charge on any atom is 0.256 e. The molecule has 3 amide bonds. The van der Waals surface area contributed by atoms with Crippen molar-refractivity contribution in [2.24, 2.45) is 0 Å². The molecule has 1 aliphatic carbocycles. The Hall–Kier alpha value is -3.64. The monoisotopic (exact) mass is 656 g/mol. The van der Waals surface area contributed by atoms with Gasteiger partial charge in [0.25, 0.3) is 11.8 Å². The number of fused-ring (bicyclic) bond motifs is 1. The van der Waals surface area contributed by atoms with E-state index in [2.05, 4.69) is 15.6 Å². The Bertz CT molecular complexity index is 1840. The fraction of sp³-hybridized carbons (Fsp3) is 0.323. The molecule has 2 aliphatic heterocycles. The number of rotatable bonds is 7. The summed E-state index contributed by atoms with van der Waals surface area (Å²) in [5.74, 6) is -1.51. The van der Waals surface area contributed by atoms with Gasteiger partial charge in [-0.15, -0.1) is 0 Å². The zero-order valence-electron chi connectivity index (χ0n) is 23.9. The lowest BCUT2D eigenvalue weighted by Gasteiger charge is -2.24. The van der Waals surface area contributed by atoms with Gasteiger partial charge in [0.2, 0.25) is 5.91 Å². The number of β-amino-alcohol motifs (C(OH)–C–C–N with tert-alkyl or cyclic N) is 1. The highest BCUT2D eigenvalue weighted by Gasteiger charge is 2.42.